The molecule has 2 unspecified atom stereocenters. The number of tetrazole rings is 1. The first-order valence-electron chi connectivity index (χ1n) is 7.73. The molecule has 1 aromatic heterocycles. The van der Waals surface area contributed by atoms with Crippen molar-refractivity contribution in [1.82, 2.24) is 25.1 Å². The third kappa shape index (κ3) is 2.57. The Morgan fingerprint density at radius 2 is 2.08 bits per heavy atom. The van der Waals surface area contributed by atoms with Crippen LogP contribution in [0.2, 0.25) is 0 Å². The molecule has 3 atom stereocenters. The Morgan fingerprint density at radius 3 is 2.71 bits per heavy atom. The summed E-state index contributed by atoms with van der Waals surface area (Å²) in [7, 11) is 0. The molecule has 0 radical (unpaired) electrons. The highest BCUT2D eigenvalue weighted by atomic mass is 32.2. The van der Waals surface area contributed by atoms with Crippen molar-refractivity contribution in [1.29, 1.82) is 0 Å². The Balaban J connectivity index is 1.82. The molecule has 10 heteroatoms. The molecule has 9 nitrogen and oxygen atoms in total. The number of carbonyl (C=O) groups excluding carboxylic acids is 2. The van der Waals surface area contributed by atoms with E-state index in [1.807, 2.05) is 13.8 Å². The molecule has 0 aromatic carbocycles. The van der Waals surface area contributed by atoms with E-state index in [0.29, 0.717) is 5.82 Å². The van der Waals surface area contributed by atoms with Crippen LogP contribution < -0.4 is 5.73 Å². The summed E-state index contributed by atoms with van der Waals surface area (Å²) in [4.78, 5) is 25.8. The first-order chi connectivity index (χ1) is 11.0. The first-order valence-corrected chi connectivity index (χ1v) is 8.61. The summed E-state index contributed by atoms with van der Waals surface area (Å²) in [6.45, 7) is 9.29. The maximum atomic E-state index is 12.2. The van der Waals surface area contributed by atoms with Crippen LogP contribution in [0, 0.1) is 5.41 Å². The van der Waals surface area contributed by atoms with Gasteiger partial charge in [0.1, 0.15) is 17.5 Å². The molecule has 1 aromatic rings. The van der Waals surface area contributed by atoms with Crippen molar-refractivity contribution >= 4 is 23.6 Å². The largest absolute Gasteiger partial charge is 0.442 e. The fraction of sp³-hybridized carbons (Fsp3) is 0.786. The van der Waals surface area contributed by atoms with Crippen LogP contribution in [0.4, 0.5) is 0 Å². The van der Waals surface area contributed by atoms with Crippen molar-refractivity contribution in [3.05, 3.63) is 5.82 Å². The van der Waals surface area contributed by atoms with E-state index >= 15 is 0 Å². The van der Waals surface area contributed by atoms with Crippen LogP contribution in [-0.2, 0) is 21.1 Å². The SMILES string of the molecule is CC(C)(C)C(=O)OCn1nnnc1C1N2C(=O)C(N)[C@@H]2SC1(C)C. The summed E-state index contributed by atoms with van der Waals surface area (Å²) in [6, 6.07) is -0.800. The van der Waals surface area contributed by atoms with Gasteiger partial charge in [0.2, 0.25) is 5.91 Å². The molecule has 2 fully saturated rings. The van der Waals surface area contributed by atoms with Gasteiger partial charge in [-0.1, -0.05) is 0 Å². The fourth-order valence-corrected chi connectivity index (χ4v) is 4.47. The molecule has 3 rings (SSSR count). The van der Waals surface area contributed by atoms with E-state index in [0.717, 1.165) is 0 Å². The fourth-order valence-electron chi connectivity index (χ4n) is 2.90. The Hall–Kier alpha value is -1.68. The Kier molecular flexibility index (Phi) is 3.87. The minimum absolute atomic E-state index is 0.0697. The number of nitrogens with zero attached hydrogens (tertiary/aromatic N) is 5. The molecular formula is C14H22N6O3S. The van der Waals surface area contributed by atoms with E-state index in [2.05, 4.69) is 15.5 Å². The van der Waals surface area contributed by atoms with Gasteiger partial charge < -0.3 is 15.4 Å². The lowest BCUT2D eigenvalue weighted by molar-refractivity contribution is -0.158. The Bertz CT molecular complexity index is 682. The van der Waals surface area contributed by atoms with Gasteiger partial charge in [-0.05, 0) is 45.0 Å². The molecule has 24 heavy (non-hydrogen) atoms. The minimum Gasteiger partial charge on any atom is -0.442 e. The summed E-state index contributed by atoms with van der Waals surface area (Å²) in [5.74, 6) is 0.0465. The van der Waals surface area contributed by atoms with Crippen LogP contribution in [0.25, 0.3) is 0 Å². The summed E-state index contributed by atoms with van der Waals surface area (Å²) < 4.78 is 6.42. The summed E-state index contributed by atoms with van der Waals surface area (Å²) in [5, 5.41) is 11.6. The molecule has 0 aliphatic carbocycles. The van der Waals surface area contributed by atoms with E-state index in [1.54, 1.807) is 37.4 Å². The maximum absolute atomic E-state index is 12.2. The molecule has 3 heterocycles. The summed E-state index contributed by atoms with van der Waals surface area (Å²) >= 11 is 1.64. The molecule has 1 amide bonds. The zero-order chi connectivity index (χ0) is 17.9. The molecule has 2 aliphatic rings. The summed E-state index contributed by atoms with van der Waals surface area (Å²) in [6.07, 6.45) is 0. The zero-order valence-corrected chi connectivity index (χ0v) is 15.2. The smallest absolute Gasteiger partial charge is 0.313 e. The number of esters is 1. The van der Waals surface area contributed by atoms with Gasteiger partial charge in [-0.15, -0.1) is 16.9 Å². The third-order valence-corrected chi connectivity index (χ3v) is 5.81. The van der Waals surface area contributed by atoms with E-state index in [-0.39, 0.29) is 34.8 Å². The topological polar surface area (TPSA) is 116 Å². The monoisotopic (exact) mass is 354 g/mol. The molecule has 0 spiro atoms. The number of amides is 1. The van der Waals surface area contributed by atoms with E-state index < -0.39 is 11.5 Å². The van der Waals surface area contributed by atoms with E-state index in [9.17, 15) is 9.59 Å². The number of nitrogens with two attached hydrogens (primary N) is 1. The van der Waals surface area contributed by atoms with E-state index in [4.69, 9.17) is 10.5 Å². The van der Waals surface area contributed by atoms with Crippen LogP contribution in [0.15, 0.2) is 0 Å². The second kappa shape index (κ2) is 5.41. The predicted molar refractivity (Wildman–Crippen MR) is 86.4 cm³/mol. The zero-order valence-electron chi connectivity index (χ0n) is 14.4. The number of thioether (sulfide) groups is 1. The number of carbonyl (C=O) groups is 2. The highest BCUT2D eigenvalue weighted by Crippen LogP contribution is 2.56. The lowest BCUT2D eigenvalue weighted by Crippen LogP contribution is -2.65. The van der Waals surface area contributed by atoms with Gasteiger partial charge in [0.25, 0.3) is 0 Å². The summed E-state index contributed by atoms with van der Waals surface area (Å²) in [5.41, 5.74) is 5.28. The average molecular weight is 354 g/mol. The number of ether oxygens (including phenoxy) is 1. The molecule has 0 saturated carbocycles. The van der Waals surface area contributed by atoms with Crippen molar-refractivity contribution in [2.75, 3.05) is 0 Å². The number of hydrogen-bond acceptors (Lipinski definition) is 8. The molecule has 2 saturated heterocycles. The average Bonchev–Trinajstić information content (AvgIpc) is 3.03. The number of β-lactam (4-membered cyclic amide) rings is 1. The maximum Gasteiger partial charge on any atom is 0.313 e. The lowest BCUT2D eigenvalue weighted by Gasteiger charge is -2.42. The van der Waals surface area contributed by atoms with Gasteiger partial charge in [-0.3, -0.25) is 9.59 Å². The van der Waals surface area contributed by atoms with Crippen molar-refractivity contribution in [2.24, 2.45) is 11.1 Å². The van der Waals surface area contributed by atoms with Crippen LogP contribution in [0.3, 0.4) is 0 Å². The molecule has 2 aliphatic heterocycles. The van der Waals surface area contributed by atoms with Gasteiger partial charge in [0.05, 0.1) is 5.41 Å². The quantitative estimate of drug-likeness (QED) is 0.608. The van der Waals surface area contributed by atoms with Gasteiger partial charge in [0, 0.05) is 4.75 Å². The third-order valence-electron chi connectivity index (χ3n) is 4.22. The van der Waals surface area contributed by atoms with E-state index in [1.165, 1.54) is 4.68 Å². The standard InChI is InChI=1S/C14H22N6O3S/c1-13(2,3)12(22)23-6-19-9(16-17-18-19)8-14(4,5)24-11-7(15)10(21)20(8)11/h7-8,11H,6,15H2,1-5H3/t7?,8?,11-/m0/s1. The highest BCUT2D eigenvalue weighted by Gasteiger charge is 2.62. The van der Waals surface area contributed by atoms with Crippen LogP contribution >= 0.6 is 11.8 Å². The van der Waals surface area contributed by atoms with Gasteiger partial charge in [-0.2, -0.15) is 4.68 Å². The van der Waals surface area contributed by atoms with Crippen molar-refractivity contribution in [3.8, 4) is 0 Å². The number of aromatic nitrogens is 4. The van der Waals surface area contributed by atoms with Crippen molar-refractivity contribution < 1.29 is 14.3 Å². The second-order valence-electron chi connectivity index (χ2n) is 7.63. The molecule has 2 N–H and O–H groups in total. The van der Waals surface area contributed by atoms with Gasteiger partial charge >= 0.3 is 5.97 Å². The van der Waals surface area contributed by atoms with Gasteiger partial charge in [-0.25, -0.2) is 0 Å². The number of fused-ring (bicyclic) bond motifs is 1. The lowest BCUT2D eigenvalue weighted by atomic mass is 9.95. The van der Waals surface area contributed by atoms with Crippen LogP contribution in [0.5, 0.6) is 0 Å². The predicted octanol–water partition coefficient (Wildman–Crippen LogP) is 0.282. The minimum atomic E-state index is -0.609. The van der Waals surface area contributed by atoms with Crippen molar-refractivity contribution in [3.63, 3.8) is 0 Å². The Morgan fingerprint density at radius 1 is 1.42 bits per heavy atom. The van der Waals surface area contributed by atoms with Crippen LogP contribution in [0.1, 0.15) is 46.5 Å². The van der Waals surface area contributed by atoms with Crippen LogP contribution in [-0.4, -0.2) is 53.1 Å². The molecule has 0 bridgehead atoms. The van der Waals surface area contributed by atoms with Gasteiger partial charge in [0.15, 0.2) is 12.6 Å². The number of rotatable bonds is 3. The second-order valence-corrected chi connectivity index (χ2v) is 9.40. The molecular weight excluding hydrogens is 332 g/mol. The number of hydrogen-bond donors (Lipinski definition) is 1. The molecule has 132 valence electrons. The Labute approximate surface area is 144 Å². The first kappa shape index (κ1) is 17.2. The normalized spacial score (nSPS) is 28.5. The van der Waals surface area contributed by atoms with Crippen molar-refractivity contribution in [2.45, 2.75) is 63.6 Å². The highest BCUT2D eigenvalue weighted by molar-refractivity contribution is 8.01.